The number of H-pyrrole nitrogens is 2. The van der Waals surface area contributed by atoms with Gasteiger partial charge in [-0.3, -0.25) is 24.2 Å². The van der Waals surface area contributed by atoms with Crippen LogP contribution in [0.2, 0.25) is 0 Å². The molecule has 3 amide bonds. The minimum Gasteiger partial charge on any atom is -0.481 e. The molecule has 2 heterocycles. The number of aliphatic carboxylic acids is 2. The van der Waals surface area contributed by atoms with E-state index in [1.54, 1.807) is 18.5 Å². The maximum atomic E-state index is 14.0. The van der Waals surface area contributed by atoms with E-state index in [-0.39, 0.29) is 31.8 Å². The number of aromatic amines is 2. The van der Waals surface area contributed by atoms with Gasteiger partial charge < -0.3 is 53.3 Å². The van der Waals surface area contributed by atoms with E-state index in [1.807, 2.05) is 42.5 Å². The van der Waals surface area contributed by atoms with E-state index in [4.69, 9.17) is 17.2 Å². The predicted molar refractivity (Wildman–Crippen MR) is 178 cm³/mol. The standard InChI is InChI=1S/C32H39N9O7/c33-21(8-5-11-36-32(34)35)28(44)39-24(12-17-15-37-22-9-3-1-6-19(17)22)29(45)40-25(30(46)41-26(31(47)48)14-27(42)43)13-18-16-38-23-10-4-2-7-20(18)23/h1-4,6-7,9-10,15-16,21,24-26,37-38H,5,8,11-14,33H2,(H,39,44)(H,40,45)(H,41,46)(H,42,43)(H,47,48)(H4,34,35,36). The van der Waals surface area contributed by atoms with Crippen LogP contribution in [0.15, 0.2) is 65.9 Å². The van der Waals surface area contributed by atoms with Crippen molar-refractivity contribution < 1.29 is 34.2 Å². The molecule has 13 N–H and O–H groups in total. The maximum Gasteiger partial charge on any atom is 0.326 e. The molecule has 0 aliphatic carbocycles. The van der Waals surface area contributed by atoms with Gasteiger partial charge in [0.05, 0.1) is 12.5 Å². The van der Waals surface area contributed by atoms with Gasteiger partial charge in [-0.25, -0.2) is 4.79 Å². The molecule has 48 heavy (non-hydrogen) atoms. The Labute approximate surface area is 274 Å². The summed E-state index contributed by atoms with van der Waals surface area (Å²) in [6.45, 7) is 0.256. The number of aromatic nitrogens is 2. The van der Waals surface area contributed by atoms with Gasteiger partial charge in [0.1, 0.15) is 18.1 Å². The molecular weight excluding hydrogens is 622 g/mol. The number of aliphatic imine (C=N–C) groups is 1. The normalized spacial score (nSPS) is 13.6. The lowest BCUT2D eigenvalue weighted by Gasteiger charge is -2.25. The second-order valence-corrected chi connectivity index (χ2v) is 11.3. The van der Waals surface area contributed by atoms with Gasteiger partial charge in [0, 0.05) is 53.6 Å². The van der Waals surface area contributed by atoms with Gasteiger partial charge in [0.25, 0.3) is 0 Å². The van der Waals surface area contributed by atoms with Gasteiger partial charge in [-0.1, -0.05) is 36.4 Å². The molecule has 0 spiro atoms. The second kappa shape index (κ2) is 16.1. The van der Waals surface area contributed by atoms with Crippen LogP contribution in [0.3, 0.4) is 0 Å². The first-order chi connectivity index (χ1) is 22.9. The summed E-state index contributed by atoms with van der Waals surface area (Å²) >= 11 is 0. The number of carbonyl (C=O) groups is 5. The summed E-state index contributed by atoms with van der Waals surface area (Å²) in [5, 5.41) is 27.9. The van der Waals surface area contributed by atoms with Gasteiger partial charge in [-0.05, 0) is 36.1 Å². The molecular formula is C32H39N9O7. The van der Waals surface area contributed by atoms with Gasteiger partial charge in [0.2, 0.25) is 17.7 Å². The Balaban J connectivity index is 1.61. The summed E-state index contributed by atoms with van der Waals surface area (Å²) in [6, 6.07) is 9.32. The summed E-state index contributed by atoms with van der Waals surface area (Å²) in [4.78, 5) is 73.9. The Bertz CT molecular complexity index is 1810. The van der Waals surface area contributed by atoms with Crippen molar-refractivity contribution in [2.24, 2.45) is 22.2 Å². The number of hydrogen-bond acceptors (Lipinski definition) is 7. The molecule has 0 saturated heterocycles. The number of nitrogens with zero attached hydrogens (tertiary/aromatic N) is 1. The van der Waals surface area contributed by atoms with Gasteiger partial charge >= 0.3 is 11.9 Å². The summed E-state index contributed by atoms with van der Waals surface area (Å²) in [5.41, 5.74) is 19.7. The van der Waals surface area contributed by atoms with Crippen molar-refractivity contribution in [3.8, 4) is 0 Å². The van der Waals surface area contributed by atoms with E-state index in [1.165, 1.54) is 0 Å². The van der Waals surface area contributed by atoms with Crippen LogP contribution in [-0.4, -0.2) is 86.5 Å². The fourth-order valence-corrected chi connectivity index (χ4v) is 5.31. The number of rotatable bonds is 17. The van der Waals surface area contributed by atoms with Crippen LogP contribution < -0.4 is 33.2 Å². The lowest BCUT2D eigenvalue weighted by Crippen LogP contribution is -2.58. The van der Waals surface area contributed by atoms with Crippen LogP contribution in [0.4, 0.5) is 0 Å². The van der Waals surface area contributed by atoms with Crippen LogP contribution in [0.25, 0.3) is 21.8 Å². The van der Waals surface area contributed by atoms with Gasteiger partial charge in [0.15, 0.2) is 5.96 Å². The van der Waals surface area contributed by atoms with E-state index in [2.05, 4.69) is 30.9 Å². The number of benzene rings is 2. The average Bonchev–Trinajstić information content (AvgIpc) is 3.65. The third-order valence-electron chi connectivity index (χ3n) is 7.76. The van der Waals surface area contributed by atoms with Crippen LogP contribution in [-0.2, 0) is 36.8 Å². The number of nitrogens with one attached hydrogen (secondary N) is 5. The summed E-state index contributed by atoms with van der Waals surface area (Å²) in [5.74, 6) is -5.36. The number of carbonyl (C=O) groups excluding carboxylic acids is 3. The Hall–Kier alpha value is -5.90. The average molecular weight is 662 g/mol. The SMILES string of the molecule is NC(N)=NCCCC(N)C(=O)NC(Cc1c[nH]c2ccccc12)C(=O)NC(Cc1c[nH]c2ccccc12)C(=O)NC(CC(=O)O)C(=O)O. The van der Waals surface area contributed by atoms with Crippen LogP contribution in [0.1, 0.15) is 30.4 Å². The van der Waals surface area contributed by atoms with Gasteiger partial charge in [-0.15, -0.1) is 0 Å². The van der Waals surface area contributed by atoms with E-state index >= 15 is 0 Å². The van der Waals surface area contributed by atoms with Crippen molar-refractivity contribution in [3.05, 3.63) is 72.1 Å². The predicted octanol–water partition coefficient (Wildman–Crippen LogP) is -0.171. The topological polar surface area (TPSA) is 284 Å². The maximum absolute atomic E-state index is 14.0. The smallest absolute Gasteiger partial charge is 0.326 e. The highest BCUT2D eigenvalue weighted by atomic mass is 16.4. The zero-order chi connectivity index (χ0) is 34.8. The van der Waals surface area contributed by atoms with E-state index in [9.17, 15) is 34.2 Å². The summed E-state index contributed by atoms with van der Waals surface area (Å²) in [6.07, 6.45) is 3.05. The fraction of sp³-hybridized carbons (Fsp3) is 0.312. The fourth-order valence-electron chi connectivity index (χ4n) is 5.31. The molecule has 4 aromatic rings. The van der Waals surface area contributed by atoms with Gasteiger partial charge in [-0.2, -0.15) is 0 Å². The first-order valence-electron chi connectivity index (χ1n) is 15.2. The molecule has 4 atom stereocenters. The van der Waals surface area contributed by atoms with E-state index in [0.29, 0.717) is 17.5 Å². The highest BCUT2D eigenvalue weighted by Gasteiger charge is 2.32. The molecule has 0 aliphatic heterocycles. The zero-order valence-electron chi connectivity index (χ0n) is 25.9. The molecule has 2 aromatic carbocycles. The number of fused-ring (bicyclic) bond motifs is 2. The molecule has 4 unspecified atom stereocenters. The quantitative estimate of drug-likeness (QED) is 0.0405. The molecule has 254 valence electrons. The van der Waals surface area contributed by atoms with Crippen LogP contribution in [0.5, 0.6) is 0 Å². The second-order valence-electron chi connectivity index (χ2n) is 11.3. The lowest BCUT2D eigenvalue weighted by molar-refractivity contribution is -0.147. The Morgan fingerprint density at radius 1 is 0.729 bits per heavy atom. The lowest BCUT2D eigenvalue weighted by atomic mass is 10.0. The molecule has 0 aliphatic rings. The van der Waals surface area contributed by atoms with Crippen LogP contribution in [0, 0.1) is 0 Å². The van der Waals surface area contributed by atoms with E-state index in [0.717, 1.165) is 21.8 Å². The monoisotopic (exact) mass is 661 g/mol. The number of hydrogen-bond donors (Lipinski definition) is 10. The number of amides is 3. The van der Waals surface area contributed by atoms with Crippen molar-refractivity contribution in [3.63, 3.8) is 0 Å². The minimum absolute atomic E-state index is 0.0144. The first-order valence-corrected chi connectivity index (χ1v) is 15.2. The third kappa shape index (κ3) is 9.32. The largest absolute Gasteiger partial charge is 0.481 e. The number of carboxylic acid groups (broad SMARTS) is 2. The highest BCUT2D eigenvalue weighted by molar-refractivity contribution is 5.96. The third-order valence-corrected chi connectivity index (χ3v) is 7.76. The molecule has 0 fully saturated rings. The Morgan fingerprint density at radius 2 is 1.21 bits per heavy atom. The number of nitrogens with two attached hydrogens (primary N) is 3. The summed E-state index contributed by atoms with van der Waals surface area (Å²) < 4.78 is 0. The number of guanidine groups is 1. The first kappa shape index (κ1) is 35.0. The minimum atomic E-state index is -1.75. The summed E-state index contributed by atoms with van der Waals surface area (Å²) in [7, 11) is 0. The number of para-hydroxylation sites is 2. The molecule has 0 saturated carbocycles. The molecule has 4 rings (SSSR count). The van der Waals surface area contributed by atoms with Crippen molar-refractivity contribution in [1.29, 1.82) is 0 Å². The zero-order valence-corrected chi connectivity index (χ0v) is 25.9. The van der Waals surface area contributed by atoms with Crippen molar-refractivity contribution in [1.82, 2.24) is 25.9 Å². The Kier molecular flexibility index (Phi) is 11.7. The van der Waals surface area contributed by atoms with E-state index < -0.39 is 60.2 Å². The molecule has 0 radical (unpaired) electrons. The molecule has 0 bridgehead atoms. The molecule has 16 nitrogen and oxygen atoms in total. The van der Waals surface area contributed by atoms with Crippen molar-refractivity contribution in [2.45, 2.75) is 56.3 Å². The molecule has 2 aromatic heterocycles. The van der Waals surface area contributed by atoms with Crippen molar-refractivity contribution in [2.75, 3.05) is 6.54 Å². The van der Waals surface area contributed by atoms with Crippen LogP contribution >= 0.6 is 0 Å². The number of carboxylic acids is 2. The highest BCUT2D eigenvalue weighted by Crippen LogP contribution is 2.21. The molecule has 16 heteroatoms. The Morgan fingerprint density at radius 3 is 1.69 bits per heavy atom. The van der Waals surface area contributed by atoms with Crippen molar-refractivity contribution >= 4 is 57.4 Å².